The van der Waals surface area contributed by atoms with Gasteiger partial charge in [-0.2, -0.15) is 0 Å². The molecule has 1 aromatic rings. The standard InChI is InChI=1S/C13H16N2O3S/c1-9-3-2-4-10(5-9)6-14-13(18)15-8-19-7-11(15)12(16)17/h2-5,11H,6-8H2,1H3,(H,14,18)(H,16,17)/t11-/m0/s1. The summed E-state index contributed by atoms with van der Waals surface area (Å²) < 4.78 is 0. The Morgan fingerprint density at radius 1 is 1.53 bits per heavy atom. The highest BCUT2D eigenvalue weighted by Crippen LogP contribution is 2.20. The van der Waals surface area contributed by atoms with E-state index in [2.05, 4.69) is 5.32 Å². The zero-order valence-corrected chi connectivity index (χ0v) is 11.4. The lowest BCUT2D eigenvalue weighted by atomic mass is 10.1. The predicted molar refractivity (Wildman–Crippen MR) is 74.0 cm³/mol. The molecule has 1 saturated heterocycles. The second kappa shape index (κ2) is 5.97. The third-order valence-electron chi connectivity index (χ3n) is 2.95. The monoisotopic (exact) mass is 280 g/mol. The van der Waals surface area contributed by atoms with E-state index in [1.807, 2.05) is 31.2 Å². The fourth-order valence-electron chi connectivity index (χ4n) is 1.95. The lowest BCUT2D eigenvalue weighted by Crippen LogP contribution is -2.46. The van der Waals surface area contributed by atoms with Crippen molar-refractivity contribution >= 4 is 23.8 Å². The van der Waals surface area contributed by atoms with Crippen molar-refractivity contribution in [3.8, 4) is 0 Å². The zero-order chi connectivity index (χ0) is 13.8. The molecule has 0 aliphatic carbocycles. The molecule has 1 heterocycles. The molecular weight excluding hydrogens is 264 g/mol. The molecule has 1 fully saturated rings. The van der Waals surface area contributed by atoms with Crippen LogP contribution in [0.2, 0.25) is 0 Å². The van der Waals surface area contributed by atoms with Crippen molar-refractivity contribution in [3.63, 3.8) is 0 Å². The summed E-state index contributed by atoms with van der Waals surface area (Å²) in [6, 6.07) is 6.81. The Hall–Kier alpha value is -1.69. The first kappa shape index (κ1) is 13.7. The van der Waals surface area contributed by atoms with Crippen molar-refractivity contribution in [3.05, 3.63) is 35.4 Å². The summed E-state index contributed by atoms with van der Waals surface area (Å²) in [5.41, 5.74) is 2.14. The highest BCUT2D eigenvalue weighted by atomic mass is 32.2. The number of carbonyl (C=O) groups excluding carboxylic acids is 1. The number of carboxylic acid groups (broad SMARTS) is 1. The van der Waals surface area contributed by atoms with E-state index in [1.165, 1.54) is 16.7 Å². The van der Waals surface area contributed by atoms with Crippen LogP contribution in [0.1, 0.15) is 11.1 Å². The van der Waals surface area contributed by atoms with Crippen molar-refractivity contribution in [2.24, 2.45) is 0 Å². The first-order valence-corrected chi connectivity index (χ1v) is 7.14. The molecule has 0 spiro atoms. The fourth-order valence-corrected chi connectivity index (χ4v) is 3.09. The van der Waals surface area contributed by atoms with Gasteiger partial charge in [-0.3, -0.25) is 0 Å². The summed E-state index contributed by atoms with van der Waals surface area (Å²) in [5.74, 6) is -0.0696. The van der Waals surface area contributed by atoms with E-state index >= 15 is 0 Å². The van der Waals surface area contributed by atoms with Gasteiger partial charge in [-0.1, -0.05) is 29.8 Å². The average Bonchev–Trinajstić information content (AvgIpc) is 2.85. The van der Waals surface area contributed by atoms with E-state index in [4.69, 9.17) is 5.11 Å². The summed E-state index contributed by atoms with van der Waals surface area (Å²) in [4.78, 5) is 24.3. The van der Waals surface area contributed by atoms with Crippen molar-refractivity contribution < 1.29 is 14.7 Å². The highest BCUT2D eigenvalue weighted by molar-refractivity contribution is 7.99. The number of hydrogen-bond donors (Lipinski definition) is 2. The van der Waals surface area contributed by atoms with Gasteiger partial charge in [-0.25, -0.2) is 9.59 Å². The summed E-state index contributed by atoms with van der Waals surface area (Å²) in [6.07, 6.45) is 0. The van der Waals surface area contributed by atoms with Gasteiger partial charge in [0.1, 0.15) is 6.04 Å². The number of nitrogens with zero attached hydrogens (tertiary/aromatic N) is 1. The predicted octanol–water partition coefficient (Wildman–Crippen LogP) is 1.66. The quantitative estimate of drug-likeness (QED) is 0.883. The summed E-state index contributed by atoms with van der Waals surface area (Å²) in [6.45, 7) is 2.40. The van der Waals surface area contributed by atoms with Crippen LogP contribution in [-0.2, 0) is 11.3 Å². The van der Waals surface area contributed by atoms with Crippen LogP contribution in [0.3, 0.4) is 0 Å². The van der Waals surface area contributed by atoms with Gasteiger partial charge in [-0.05, 0) is 12.5 Å². The normalized spacial score (nSPS) is 18.4. The summed E-state index contributed by atoms with van der Waals surface area (Å²) >= 11 is 1.46. The molecule has 2 N–H and O–H groups in total. The molecule has 0 unspecified atom stereocenters. The van der Waals surface area contributed by atoms with E-state index in [9.17, 15) is 9.59 Å². The van der Waals surface area contributed by atoms with E-state index in [-0.39, 0.29) is 6.03 Å². The van der Waals surface area contributed by atoms with Gasteiger partial charge in [0.05, 0.1) is 5.88 Å². The Morgan fingerprint density at radius 3 is 3.00 bits per heavy atom. The SMILES string of the molecule is Cc1cccc(CNC(=O)N2CSC[C@H]2C(=O)O)c1. The Balaban J connectivity index is 1.92. The molecule has 2 rings (SSSR count). The number of amides is 2. The van der Waals surface area contributed by atoms with Gasteiger partial charge in [-0.15, -0.1) is 11.8 Å². The maximum absolute atomic E-state index is 12.0. The van der Waals surface area contributed by atoms with Crippen molar-refractivity contribution in [2.75, 3.05) is 11.6 Å². The molecule has 1 aromatic carbocycles. The van der Waals surface area contributed by atoms with Crippen molar-refractivity contribution in [1.82, 2.24) is 10.2 Å². The molecule has 0 aromatic heterocycles. The molecule has 102 valence electrons. The van der Waals surface area contributed by atoms with Crippen LogP contribution in [0.15, 0.2) is 24.3 Å². The van der Waals surface area contributed by atoms with Crippen LogP contribution in [0, 0.1) is 6.92 Å². The van der Waals surface area contributed by atoms with Crippen LogP contribution >= 0.6 is 11.8 Å². The number of rotatable bonds is 3. The zero-order valence-electron chi connectivity index (χ0n) is 10.6. The number of thioether (sulfide) groups is 1. The number of aliphatic carboxylic acids is 1. The van der Waals surface area contributed by atoms with Crippen LogP contribution in [-0.4, -0.2) is 39.7 Å². The Kier molecular flexibility index (Phi) is 4.31. The molecule has 1 aliphatic heterocycles. The lowest BCUT2D eigenvalue weighted by molar-refractivity contribution is -0.140. The van der Waals surface area contributed by atoms with Gasteiger partial charge in [0.15, 0.2) is 0 Å². The minimum Gasteiger partial charge on any atom is -0.480 e. The second-order valence-corrected chi connectivity index (χ2v) is 5.47. The van der Waals surface area contributed by atoms with E-state index < -0.39 is 12.0 Å². The van der Waals surface area contributed by atoms with E-state index in [0.29, 0.717) is 18.2 Å². The Labute approximate surface area is 116 Å². The number of carboxylic acids is 1. The largest absolute Gasteiger partial charge is 0.480 e. The molecule has 0 radical (unpaired) electrons. The van der Waals surface area contributed by atoms with Gasteiger partial charge in [0, 0.05) is 12.3 Å². The number of benzene rings is 1. The molecule has 19 heavy (non-hydrogen) atoms. The van der Waals surface area contributed by atoms with Crippen LogP contribution in [0.5, 0.6) is 0 Å². The average molecular weight is 280 g/mol. The lowest BCUT2D eigenvalue weighted by Gasteiger charge is -2.20. The first-order chi connectivity index (χ1) is 9.08. The molecular formula is C13H16N2O3S. The van der Waals surface area contributed by atoms with Crippen molar-refractivity contribution in [2.45, 2.75) is 19.5 Å². The number of urea groups is 1. The molecule has 0 bridgehead atoms. The minimum atomic E-state index is -0.948. The minimum absolute atomic E-state index is 0.320. The third-order valence-corrected chi connectivity index (χ3v) is 3.97. The van der Waals surface area contributed by atoms with Gasteiger partial charge in [0.25, 0.3) is 0 Å². The first-order valence-electron chi connectivity index (χ1n) is 5.98. The van der Waals surface area contributed by atoms with Crippen molar-refractivity contribution in [1.29, 1.82) is 0 Å². The van der Waals surface area contributed by atoms with Gasteiger partial charge < -0.3 is 15.3 Å². The van der Waals surface area contributed by atoms with Crippen LogP contribution < -0.4 is 5.32 Å². The molecule has 1 aliphatic rings. The summed E-state index contributed by atoms with van der Waals surface area (Å²) in [7, 11) is 0. The Morgan fingerprint density at radius 2 is 2.32 bits per heavy atom. The van der Waals surface area contributed by atoms with Crippen LogP contribution in [0.25, 0.3) is 0 Å². The molecule has 5 nitrogen and oxygen atoms in total. The number of nitrogens with one attached hydrogen (secondary N) is 1. The maximum Gasteiger partial charge on any atom is 0.327 e. The number of carbonyl (C=O) groups is 2. The summed E-state index contributed by atoms with van der Waals surface area (Å²) in [5, 5.41) is 11.8. The number of aryl methyl sites for hydroxylation is 1. The third kappa shape index (κ3) is 3.41. The highest BCUT2D eigenvalue weighted by Gasteiger charge is 2.34. The van der Waals surface area contributed by atoms with Gasteiger partial charge >= 0.3 is 12.0 Å². The van der Waals surface area contributed by atoms with Crippen LogP contribution in [0.4, 0.5) is 4.79 Å². The Bertz CT molecular complexity index is 493. The maximum atomic E-state index is 12.0. The van der Waals surface area contributed by atoms with Gasteiger partial charge in [0.2, 0.25) is 0 Å². The molecule has 6 heteroatoms. The molecule has 0 saturated carbocycles. The topological polar surface area (TPSA) is 69.6 Å². The smallest absolute Gasteiger partial charge is 0.327 e. The number of hydrogen-bond acceptors (Lipinski definition) is 3. The molecule has 1 atom stereocenters. The van der Waals surface area contributed by atoms with E-state index in [1.54, 1.807) is 0 Å². The van der Waals surface area contributed by atoms with E-state index in [0.717, 1.165) is 11.1 Å². The molecule has 2 amide bonds. The second-order valence-electron chi connectivity index (χ2n) is 4.47. The fraction of sp³-hybridized carbons (Fsp3) is 0.385.